The number of fused-ring (bicyclic) bond motifs is 1. The van der Waals surface area contributed by atoms with E-state index in [0.29, 0.717) is 24.2 Å². The summed E-state index contributed by atoms with van der Waals surface area (Å²) in [6, 6.07) is 9.01. The first-order chi connectivity index (χ1) is 15.0. The number of hydrogen-bond acceptors (Lipinski definition) is 7. The summed E-state index contributed by atoms with van der Waals surface area (Å²) < 4.78 is 73.6. The Kier molecular flexibility index (Phi) is 5.41. The molecule has 0 fully saturated rings. The number of hydrogen-bond donors (Lipinski definition) is 0. The molecule has 0 bridgehead atoms. The van der Waals surface area contributed by atoms with Gasteiger partial charge in [-0.25, -0.2) is 13.2 Å². The first-order valence-electron chi connectivity index (χ1n) is 9.30. The summed E-state index contributed by atoms with van der Waals surface area (Å²) in [6.45, 7) is -0.0791. The molecule has 1 aliphatic heterocycles. The molecule has 12 heteroatoms. The molecule has 0 aliphatic carbocycles. The summed E-state index contributed by atoms with van der Waals surface area (Å²) in [5.74, 6) is -0.847. The normalized spacial score (nSPS) is 13.8. The van der Waals surface area contributed by atoms with Gasteiger partial charge in [0.25, 0.3) is 5.89 Å². The van der Waals surface area contributed by atoms with Gasteiger partial charge in [-0.1, -0.05) is 17.3 Å². The Bertz CT molecular complexity index is 1290. The van der Waals surface area contributed by atoms with Crippen LogP contribution in [0.4, 0.5) is 18.9 Å². The number of rotatable bonds is 5. The fourth-order valence-electron chi connectivity index (χ4n) is 3.32. The Morgan fingerprint density at radius 3 is 2.72 bits per heavy atom. The highest BCUT2D eigenvalue weighted by Gasteiger charge is 2.31. The minimum atomic E-state index is -4.51. The van der Waals surface area contributed by atoms with Crippen LogP contribution >= 0.6 is 0 Å². The highest BCUT2D eigenvalue weighted by molar-refractivity contribution is 7.92. The Balaban J connectivity index is 1.43. The maximum Gasteiger partial charge on any atom is 0.416 e. The summed E-state index contributed by atoms with van der Waals surface area (Å²) in [5.41, 5.74) is 0.701. The molecule has 0 saturated carbocycles. The number of halogens is 3. The minimum absolute atomic E-state index is 0.0689. The zero-order valence-corrected chi connectivity index (χ0v) is 17.4. The van der Waals surface area contributed by atoms with Gasteiger partial charge in [-0.2, -0.15) is 18.2 Å². The molecule has 1 aromatic heterocycles. The Hall–Kier alpha value is -3.41. The van der Waals surface area contributed by atoms with Crippen molar-refractivity contribution in [3.63, 3.8) is 0 Å². The molecule has 2 aromatic carbocycles. The van der Waals surface area contributed by atoms with Gasteiger partial charge in [0.1, 0.15) is 0 Å². The maximum absolute atomic E-state index is 12.9. The van der Waals surface area contributed by atoms with Crippen molar-refractivity contribution < 1.29 is 35.6 Å². The van der Waals surface area contributed by atoms with E-state index in [2.05, 4.69) is 10.1 Å². The molecule has 0 radical (unpaired) electrons. The molecule has 32 heavy (non-hydrogen) atoms. The zero-order chi connectivity index (χ0) is 23.1. The molecule has 0 unspecified atom stereocenters. The number of carbonyl (C=O) groups excluding carboxylic acids is 1. The number of sulfonamides is 1. The first kappa shape index (κ1) is 21.8. The molecular formula is C20H16F3N3O5S. The number of alkyl halides is 3. The Morgan fingerprint density at radius 1 is 1.22 bits per heavy atom. The van der Waals surface area contributed by atoms with Crippen molar-refractivity contribution in [2.24, 2.45) is 0 Å². The van der Waals surface area contributed by atoms with E-state index in [4.69, 9.17) is 9.26 Å². The third-order valence-electron chi connectivity index (χ3n) is 4.81. The van der Waals surface area contributed by atoms with Gasteiger partial charge in [-0.3, -0.25) is 4.31 Å². The number of benzene rings is 2. The lowest BCUT2D eigenvalue weighted by Crippen LogP contribution is -2.27. The second-order valence-electron chi connectivity index (χ2n) is 7.10. The molecule has 0 N–H and O–H groups in total. The standard InChI is InChI=1S/C20H16F3N3O5S/c1-32(28,29)26-8-7-12-9-14(5-6-16(12)26)19(27)30-11-17-24-18(25-31-17)13-3-2-4-15(10-13)20(21,22)23/h2-6,9-10H,7-8,11H2,1H3. The third kappa shape index (κ3) is 4.44. The van der Waals surface area contributed by atoms with E-state index in [1.165, 1.54) is 22.5 Å². The summed E-state index contributed by atoms with van der Waals surface area (Å²) in [6.07, 6.45) is -2.93. The van der Waals surface area contributed by atoms with Crippen molar-refractivity contribution in [2.45, 2.75) is 19.2 Å². The van der Waals surface area contributed by atoms with Crippen LogP contribution in [-0.4, -0.2) is 37.3 Å². The van der Waals surface area contributed by atoms with Crippen LogP contribution in [-0.2, 0) is 34.0 Å². The number of esters is 1. The van der Waals surface area contributed by atoms with E-state index < -0.39 is 27.7 Å². The van der Waals surface area contributed by atoms with Crippen LogP contribution in [0.25, 0.3) is 11.4 Å². The van der Waals surface area contributed by atoms with E-state index in [1.807, 2.05) is 0 Å². The molecule has 2 heterocycles. The van der Waals surface area contributed by atoms with Gasteiger partial charge < -0.3 is 9.26 Å². The first-order valence-corrected chi connectivity index (χ1v) is 11.2. The second-order valence-corrected chi connectivity index (χ2v) is 9.00. The van der Waals surface area contributed by atoms with Crippen LogP contribution in [0.5, 0.6) is 0 Å². The average molecular weight is 467 g/mol. The highest BCUT2D eigenvalue weighted by atomic mass is 32.2. The fourth-order valence-corrected chi connectivity index (χ4v) is 4.28. The van der Waals surface area contributed by atoms with Crippen molar-refractivity contribution in [3.05, 3.63) is 65.0 Å². The quantitative estimate of drug-likeness (QED) is 0.530. The van der Waals surface area contributed by atoms with E-state index in [-0.39, 0.29) is 29.4 Å². The van der Waals surface area contributed by atoms with Crippen molar-refractivity contribution in [2.75, 3.05) is 17.1 Å². The lowest BCUT2D eigenvalue weighted by molar-refractivity contribution is -0.137. The van der Waals surface area contributed by atoms with Crippen LogP contribution in [0.1, 0.15) is 27.4 Å². The third-order valence-corrected chi connectivity index (χ3v) is 5.99. The monoisotopic (exact) mass is 467 g/mol. The molecule has 8 nitrogen and oxygen atoms in total. The zero-order valence-electron chi connectivity index (χ0n) is 16.6. The van der Waals surface area contributed by atoms with Gasteiger partial charge in [0, 0.05) is 12.1 Å². The van der Waals surface area contributed by atoms with Crippen LogP contribution in [0.2, 0.25) is 0 Å². The van der Waals surface area contributed by atoms with Gasteiger partial charge in [0.15, 0.2) is 6.61 Å². The van der Waals surface area contributed by atoms with Gasteiger partial charge in [-0.05, 0) is 42.3 Å². The molecule has 0 spiro atoms. The predicted octanol–water partition coefficient (Wildman–Crippen LogP) is 3.43. The predicted molar refractivity (Wildman–Crippen MR) is 106 cm³/mol. The van der Waals surface area contributed by atoms with Gasteiger partial charge >= 0.3 is 12.1 Å². The van der Waals surface area contributed by atoms with Crippen LogP contribution in [0.3, 0.4) is 0 Å². The number of anilines is 1. The van der Waals surface area contributed by atoms with E-state index in [1.54, 1.807) is 12.1 Å². The Labute approximate surface area is 180 Å². The molecule has 168 valence electrons. The molecule has 0 saturated heterocycles. The van der Waals surface area contributed by atoms with Crippen LogP contribution in [0.15, 0.2) is 47.0 Å². The van der Waals surface area contributed by atoms with E-state index in [9.17, 15) is 26.4 Å². The highest BCUT2D eigenvalue weighted by Crippen LogP contribution is 2.32. The summed E-state index contributed by atoms with van der Waals surface area (Å²) in [7, 11) is -3.40. The smallest absolute Gasteiger partial charge is 0.416 e. The number of nitrogens with zero attached hydrogens (tertiary/aromatic N) is 3. The summed E-state index contributed by atoms with van der Waals surface area (Å²) >= 11 is 0. The fraction of sp³-hybridized carbons (Fsp3) is 0.250. The van der Waals surface area contributed by atoms with Crippen molar-refractivity contribution >= 4 is 21.7 Å². The minimum Gasteiger partial charge on any atom is -0.452 e. The van der Waals surface area contributed by atoms with Gasteiger partial charge in [0.2, 0.25) is 15.8 Å². The summed E-state index contributed by atoms with van der Waals surface area (Å²) in [5, 5.41) is 3.63. The second kappa shape index (κ2) is 7.93. The number of ether oxygens (including phenoxy) is 1. The molecule has 0 atom stereocenters. The van der Waals surface area contributed by atoms with Crippen molar-refractivity contribution in [1.82, 2.24) is 10.1 Å². The van der Waals surface area contributed by atoms with E-state index in [0.717, 1.165) is 18.4 Å². The Morgan fingerprint density at radius 2 is 2.00 bits per heavy atom. The maximum atomic E-state index is 12.9. The molecule has 0 amide bonds. The largest absolute Gasteiger partial charge is 0.452 e. The van der Waals surface area contributed by atoms with E-state index >= 15 is 0 Å². The van der Waals surface area contributed by atoms with Gasteiger partial charge in [0.05, 0.1) is 23.1 Å². The average Bonchev–Trinajstić information content (AvgIpc) is 3.38. The number of carbonyl (C=O) groups is 1. The van der Waals surface area contributed by atoms with Crippen LogP contribution in [0, 0.1) is 0 Å². The summed E-state index contributed by atoms with van der Waals surface area (Å²) in [4.78, 5) is 16.3. The van der Waals surface area contributed by atoms with Crippen LogP contribution < -0.4 is 4.31 Å². The number of aromatic nitrogens is 2. The van der Waals surface area contributed by atoms with Crippen molar-refractivity contribution in [1.29, 1.82) is 0 Å². The van der Waals surface area contributed by atoms with Crippen molar-refractivity contribution in [3.8, 4) is 11.4 Å². The lowest BCUT2D eigenvalue weighted by atomic mass is 10.1. The molecule has 3 aromatic rings. The topological polar surface area (TPSA) is 103 Å². The molecule has 4 rings (SSSR count). The van der Waals surface area contributed by atoms with Gasteiger partial charge in [-0.15, -0.1) is 0 Å². The molecule has 1 aliphatic rings. The SMILES string of the molecule is CS(=O)(=O)N1CCc2cc(C(=O)OCc3nc(-c4cccc(C(F)(F)F)c4)no3)ccc21. The molecular weight excluding hydrogens is 451 g/mol. The lowest BCUT2D eigenvalue weighted by Gasteiger charge is -2.16.